The molecule has 3 heteroatoms. The maximum Gasteiger partial charge on any atom is 0.0596 e. The normalized spacial score (nSPS) is 15.2. The molecule has 0 bridgehead atoms. The van der Waals surface area contributed by atoms with Gasteiger partial charge in [0, 0.05) is 19.3 Å². The maximum atomic E-state index is 4.46. The van der Waals surface area contributed by atoms with E-state index in [1.54, 1.807) is 0 Å². The smallest absolute Gasteiger partial charge is 0.0596 e. The van der Waals surface area contributed by atoms with E-state index in [4.69, 9.17) is 0 Å². The third-order valence-electron chi connectivity index (χ3n) is 4.16. The fraction of sp³-hybridized carbons (Fsp3) is 0.812. The maximum absolute atomic E-state index is 4.46. The van der Waals surface area contributed by atoms with Gasteiger partial charge in [-0.1, -0.05) is 34.6 Å². The zero-order valence-electron chi connectivity index (χ0n) is 13.7. The van der Waals surface area contributed by atoms with Gasteiger partial charge in [-0.05, 0) is 43.2 Å². The van der Waals surface area contributed by atoms with Crippen molar-refractivity contribution in [3.63, 3.8) is 0 Å². The Hall–Kier alpha value is -0.830. The lowest BCUT2D eigenvalue weighted by atomic mass is 9.75. The average Bonchev–Trinajstić information content (AvgIpc) is 2.56. The fourth-order valence-corrected chi connectivity index (χ4v) is 2.36. The first-order valence-electron chi connectivity index (χ1n) is 7.45. The molecule has 0 saturated carbocycles. The minimum absolute atomic E-state index is 0.273. The molecule has 0 aliphatic heterocycles. The summed E-state index contributed by atoms with van der Waals surface area (Å²) in [6, 6.07) is 2.21. The van der Waals surface area contributed by atoms with Crippen molar-refractivity contribution >= 4 is 0 Å². The van der Waals surface area contributed by atoms with Crippen LogP contribution in [0.3, 0.4) is 0 Å². The molecule has 1 rings (SSSR count). The van der Waals surface area contributed by atoms with E-state index >= 15 is 0 Å². The molecule has 1 unspecified atom stereocenters. The van der Waals surface area contributed by atoms with Gasteiger partial charge in [-0.2, -0.15) is 5.10 Å². The Morgan fingerprint density at radius 3 is 2.37 bits per heavy atom. The van der Waals surface area contributed by atoms with E-state index in [0.29, 0.717) is 11.8 Å². The molecule has 0 amide bonds. The SMILES string of the molecule is Cc1cc(CC(C)(CNCC(C)C)C(C)C)n(C)n1. The summed E-state index contributed by atoms with van der Waals surface area (Å²) < 4.78 is 2.03. The summed E-state index contributed by atoms with van der Waals surface area (Å²) in [5, 5.41) is 8.08. The molecule has 0 aliphatic carbocycles. The molecule has 19 heavy (non-hydrogen) atoms. The van der Waals surface area contributed by atoms with Crippen LogP contribution in [-0.4, -0.2) is 22.9 Å². The first kappa shape index (κ1) is 16.2. The van der Waals surface area contributed by atoms with E-state index in [1.807, 2.05) is 11.7 Å². The number of aryl methyl sites for hydroxylation is 2. The number of aromatic nitrogens is 2. The van der Waals surface area contributed by atoms with E-state index in [9.17, 15) is 0 Å². The number of hydrogen-bond acceptors (Lipinski definition) is 2. The highest BCUT2D eigenvalue weighted by molar-refractivity contribution is 5.11. The van der Waals surface area contributed by atoms with Crippen LogP contribution in [0.15, 0.2) is 6.07 Å². The van der Waals surface area contributed by atoms with Crippen molar-refractivity contribution in [3.8, 4) is 0 Å². The second-order valence-electron chi connectivity index (χ2n) is 6.91. The van der Waals surface area contributed by atoms with Crippen molar-refractivity contribution < 1.29 is 0 Å². The highest BCUT2D eigenvalue weighted by atomic mass is 15.3. The highest BCUT2D eigenvalue weighted by Crippen LogP contribution is 2.30. The quantitative estimate of drug-likeness (QED) is 0.820. The fourth-order valence-electron chi connectivity index (χ4n) is 2.36. The molecule has 0 spiro atoms. The molecule has 0 fully saturated rings. The summed E-state index contributed by atoms with van der Waals surface area (Å²) in [5.74, 6) is 1.35. The van der Waals surface area contributed by atoms with Gasteiger partial charge >= 0.3 is 0 Å². The number of nitrogens with one attached hydrogen (secondary N) is 1. The van der Waals surface area contributed by atoms with E-state index in [1.165, 1.54) is 5.69 Å². The Balaban J connectivity index is 2.73. The Morgan fingerprint density at radius 1 is 1.32 bits per heavy atom. The predicted molar refractivity (Wildman–Crippen MR) is 82.3 cm³/mol. The molecule has 3 nitrogen and oxygen atoms in total. The van der Waals surface area contributed by atoms with Crippen LogP contribution in [0.2, 0.25) is 0 Å². The second-order valence-corrected chi connectivity index (χ2v) is 6.91. The summed E-state index contributed by atoms with van der Waals surface area (Å²) >= 11 is 0. The van der Waals surface area contributed by atoms with E-state index in [0.717, 1.165) is 25.2 Å². The van der Waals surface area contributed by atoms with E-state index in [2.05, 4.69) is 58.0 Å². The molecular weight excluding hydrogens is 234 g/mol. The van der Waals surface area contributed by atoms with Gasteiger partial charge in [0.25, 0.3) is 0 Å². The molecule has 0 aromatic carbocycles. The lowest BCUT2D eigenvalue weighted by molar-refractivity contribution is 0.201. The van der Waals surface area contributed by atoms with E-state index in [-0.39, 0.29) is 5.41 Å². The van der Waals surface area contributed by atoms with Crippen LogP contribution >= 0.6 is 0 Å². The summed E-state index contributed by atoms with van der Waals surface area (Å²) in [4.78, 5) is 0. The largest absolute Gasteiger partial charge is 0.316 e. The Kier molecular flexibility index (Phi) is 5.60. The van der Waals surface area contributed by atoms with Gasteiger partial charge in [-0.3, -0.25) is 4.68 Å². The highest BCUT2D eigenvalue weighted by Gasteiger charge is 2.29. The summed E-state index contributed by atoms with van der Waals surface area (Å²) in [6.45, 7) is 15.7. The van der Waals surface area contributed by atoms with Gasteiger partial charge in [0.1, 0.15) is 0 Å². The van der Waals surface area contributed by atoms with Gasteiger partial charge in [0.15, 0.2) is 0 Å². The monoisotopic (exact) mass is 265 g/mol. The number of nitrogens with zero attached hydrogens (tertiary/aromatic N) is 2. The Bertz CT molecular complexity index is 393. The lowest BCUT2D eigenvalue weighted by Crippen LogP contribution is -2.39. The molecule has 110 valence electrons. The molecule has 1 N–H and O–H groups in total. The van der Waals surface area contributed by atoms with Gasteiger partial charge in [-0.15, -0.1) is 0 Å². The summed E-state index contributed by atoms with van der Waals surface area (Å²) in [7, 11) is 2.05. The minimum atomic E-state index is 0.273. The lowest BCUT2D eigenvalue weighted by Gasteiger charge is -2.34. The summed E-state index contributed by atoms with van der Waals surface area (Å²) in [6.07, 6.45) is 1.08. The summed E-state index contributed by atoms with van der Waals surface area (Å²) in [5.41, 5.74) is 2.72. The second kappa shape index (κ2) is 6.56. The molecule has 1 atom stereocenters. The first-order chi connectivity index (χ1) is 8.74. The Labute approximate surface area is 118 Å². The van der Waals surface area contributed by atoms with Crippen molar-refractivity contribution in [2.75, 3.05) is 13.1 Å². The van der Waals surface area contributed by atoms with Crippen molar-refractivity contribution in [2.45, 2.75) is 48.0 Å². The third-order valence-corrected chi connectivity index (χ3v) is 4.16. The molecule has 0 aliphatic rings. The first-order valence-corrected chi connectivity index (χ1v) is 7.45. The van der Waals surface area contributed by atoms with Crippen LogP contribution < -0.4 is 5.32 Å². The molecule has 1 heterocycles. The zero-order valence-corrected chi connectivity index (χ0v) is 13.7. The van der Waals surface area contributed by atoms with Crippen molar-refractivity contribution in [3.05, 3.63) is 17.5 Å². The molecule has 0 radical (unpaired) electrons. The Morgan fingerprint density at radius 2 is 1.95 bits per heavy atom. The third kappa shape index (κ3) is 4.64. The molecule has 1 aromatic rings. The number of rotatable bonds is 7. The predicted octanol–water partition coefficient (Wildman–Crippen LogP) is 3.18. The van der Waals surface area contributed by atoms with Crippen LogP contribution in [0.5, 0.6) is 0 Å². The van der Waals surface area contributed by atoms with Crippen molar-refractivity contribution in [1.29, 1.82) is 0 Å². The topological polar surface area (TPSA) is 29.9 Å². The molecular formula is C16H31N3. The van der Waals surface area contributed by atoms with Crippen LogP contribution in [0.1, 0.15) is 46.0 Å². The molecule has 0 saturated heterocycles. The van der Waals surface area contributed by atoms with Gasteiger partial charge in [0.05, 0.1) is 5.69 Å². The van der Waals surface area contributed by atoms with Crippen LogP contribution in [0.25, 0.3) is 0 Å². The average molecular weight is 265 g/mol. The zero-order chi connectivity index (χ0) is 14.6. The van der Waals surface area contributed by atoms with Crippen LogP contribution in [0.4, 0.5) is 0 Å². The molecule has 1 aromatic heterocycles. The van der Waals surface area contributed by atoms with E-state index < -0.39 is 0 Å². The van der Waals surface area contributed by atoms with Crippen molar-refractivity contribution in [2.24, 2.45) is 24.3 Å². The van der Waals surface area contributed by atoms with Gasteiger partial charge < -0.3 is 5.32 Å². The standard InChI is InChI=1S/C16H31N3/c1-12(2)10-17-11-16(6,13(3)4)9-15-8-14(5)18-19(15)7/h8,12-13,17H,9-11H2,1-7H3. The van der Waals surface area contributed by atoms with Crippen molar-refractivity contribution in [1.82, 2.24) is 15.1 Å². The van der Waals surface area contributed by atoms with Gasteiger partial charge in [-0.25, -0.2) is 0 Å². The van der Waals surface area contributed by atoms with Gasteiger partial charge in [0.2, 0.25) is 0 Å². The van der Waals surface area contributed by atoms with Crippen LogP contribution in [-0.2, 0) is 13.5 Å². The van der Waals surface area contributed by atoms with Crippen LogP contribution in [0, 0.1) is 24.2 Å². The number of hydrogen-bond donors (Lipinski definition) is 1. The minimum Gasteiger partial charge on any atom is -0.316 e.